The minimum Gasteiger partial charge on any atom is -0.147 e. The van der Waals surface area contributed by atoms with E-state index in [2.05, 4.69) is 24.2 Å². The van der Waals surface area contributed by atoms with Gasteiger partial charge < -0.3 is 0 Å². The molecule has 0 aromatic rings. The third-order valence-corrected chi connectivity index (χ3v) is 5.66. The standard InChI is InChI=1S/C16H34N.C2H5O.2ClH.Ti/c1-3-5-7-9-11-13-15-17-16-14-12-10-8-6-4-2;1-2-3;;;/h3-16H2,1-2H3;2H2,1H3;2*1H;/q2*-1;;;+2. The first-order chi connectivity index (χ1) is 10.3. The summed E-state index contributed by atoms with van der Waals surface area (Å²) in [5, 5.41) is 0. The average molecular weight is 406 g/mol. The quantitative estimate of drug-likeness (QED) is 0.195. The summed E-state index contributed by atoms with van der Waals surface area (Å²) in [5.41, 5.74) is 0. The first-order valence-corrected chi connectivity index (χ1v) is 10.8. The van der Waals surface area contributed by atoms with E-state index in [1.165, 1.54) is 90.1 Å². The van der Waals surface area contributed by atoms with Gasteiger partial charge in [-0.1, -0.05) is 0 Å². The first-order valence-electron chi connectivity index (χ1n) is 9.47. The Morgan fingerprint density at radius 2 is 1.00 bits per heavy atom. The molecule has 0 spiro atoms. The molecule has 0 aliphatic rings. The molecule has 0 unspecified atom stereocenters. The topological polar surface area (TPSA) is 12.5 Å². The van der Waals surface area contributed by atoms with Gasteiger partial charge in [0.05, 0.1) is 0 Å². The summed E-state index contributed by atoms with van der Waals surface area (Å²) in [6.07, 6.45) is 16.8. The minimum absolute atomic E-state index is 0. The van der Waals surface area contributed by atoms with Crippen LogP contribution in [0.5, 0.6) is 0 Å². The van der Waals surface area contributed by atoms with Crippen molar-refractivity contribution >= 4 is 24.8 Å². The van der Waals surface area contributed by atoms with Crippen LogP contribution < -0.4 is 0 Å². The Balaban J connectivity index is -0.00000200. The van der Waals surface area contributed by atoms with Gasteiger partial charge in [0.15, 0.2) is 0 Å². The van der Waals surface area contributed by atoms with Crippen LogP contribution in [0, 0.1) is 0 Å². The second-order valence-electron chi connectivity index (χ2n) is 6.05. The van der Waals surface area contributed by atoms with E-state index in [0.29, 0.717) is 0 Å². The fourth-order valence-electron chi connectivity index (χ4n) is 2.52. The molecule has 142 valence electrons. The zero-order chi connectivity index (χ0) is 15.6. The van der Waals surface area contributed by atoms with Crippen molar-refractivity contribution in [2.75, 3.05) is 19.7 Å². The van der Waals surface area contributed by atoms with Crippen LogP contribution in [0.2, 0.25) is 0 Å². The second kappa shape index (κ2) is 25.5. The van der Waals surface area contributed by atoms with Crippen LogP contribution in [0.1, 0.15) is 97.8 Å². The van der Waals surface area contributed by atoms with Gasteiger partial charge in [0, 0.05) is 0 Å². The van der Waals surface area contributed by atoms with Crippen LogP contribution in [0.25, 0.3) is 0 Å². The van der Waals surface area contributed by atoms with E-state index in [1.54, 1.807) is 0 Å². The van der Waals surface area contributed by atoms with Gasteiger partial charge in [-0.3, -0.25) is 0 Å². The molecule has 0 aliphatic heterocycles. The fourth-order valence-corrected chi connectivity index (χ4v) is 3.79. The molecule has 5 heteroatoms. The molecule has 0 aliphatic carbocycles. The fraction of sp³-hybridized carbons (Fsp3) is 1.00. The molecule has 2 nitrogen and oxygen atoms in total. The van der Waals surface area contributed by atoms with Crippen molar-refractivity contribution in [3.05, 3.63) is 0 Å². The predicted octanol–water partition coefficient (Wildman–Crippen LogP) is 6.80. The van der Waals surface area contributed by atoms with Crippen LogP contribution in [0.15, 0.2) is 0 Å². The molecule has 0 saturated carbocycles. The smallest absolute Gasteiger partial charge is 0.147 e. The summed E-state index contributed by atoms with van der Waals surface area (Å²) in [6.45, 7) is 10.1. The third-order valence-electron chi connectivity index (χ3n) is 3.90. The molecule has 0 rings (SSSR count). The zero-order valence-corrected chi connectivity index (χ0v) is 19.0. The Kier molecular flexibility index (Phi) is 32.1. The molecular weight excluding hydrogens is 365 g/mol. The number of hydrogen-bond acceptors (Lipinski definition) is 2. The van der Waals surface area contributed by atoms with Crippen molar-refractivity contribution < 1.29 is 23.1 Å². The summed E-state index contributed by atoms with van der Waals surface area (Å²) in [4.78, 5) is 0. The summed E-state index contributed by atoms with van der Waals surface area (Å²) in [7, 11) is 0. The molecule has 0 amide bonds. The molecule has 0 radical (unpaired) electrons. The Bertz CT molecular complexity index is 184. The predicted molar refractivity (Wildman–Crippen MR) is 104 cm³/mol. The number of unbranched alkanes of at least 4 members (excludes halogenated alkanes) is 10. The normalized spacial score (nSPS) is 10.3. The molecule has 0 N–H and O–H groups in total. The van der Waals surface area contributed by atoms with E-state index < -0.39 is 0 Å². The number of halogens is 2. The maximum absolute atomic E-state index is 5.74. The van der Waals surface area contributed by atoms with Crippen molar-refractivity contribution in [3.63, 3.8) is 0 Å². The zero-order valence-electron chi connectivity index (χ0n) is 15.8. The van der Waals surface area contributed by atoms with Gasteiger partial charge in [-0.05, 0) is 0 Å². The van der Waals surface area contributed by atoms with Gasteiger partial charge in [-0.15, -0.1) is 24.8 Å². The van der Waals surface area contributed by atoms with Crippen LogP contribution in [-0.2, 0) is 23.1 Å². The average Bonchev–Trinajstić information content (AvgIpc) is 2.50. The Labute approximate surface area is 168 Å². The molecule has 0 heterocycles. The summed E-state index contributed by atoms with van der Waals surface area (Å²) < 4.78 is 8.38. The maximum Gasteiger partial charge on any atom is -0.147 e. The largest absolute Gasteiger partial charge is 0.147 e. The minimum atomic E-state index is -0.303. The van der Waals surface area contributed by atoms with Gasteiger partial charge in [-0.25, -0.2) is 0 Å². The van der Waals surface area contributed by atoms with Gasteiger partial charge >= 0.3 is 144 Å². The van der Waals surface area contributed by atoms with E-state index in [9.17, 15) is 0 Å². The summed E-state index contributed by atoms with van der Waals surface area (Å²) in [6, 6.07) is 0. The van der Waals surface area contributed by atoms with Crippen LogP contribution in [0.4, 0.5) is 0 Å². The maximum atomic E-state index is 5.74. The SMILES string of the molecule is CCCCCCCC[N](CCCCCCCC)[Ti][O]CC.Cl.Cl. The monoisotopic (exact) mass is 405 g/mol. The van der Waals surface area contributed by atoms with E-state index in [-0.39, 0.29) is 44.6 Å². The Hall–Kier alpha value is 1.21. The molecule has 0 aromatic carbocycles. The van der Waals surface area contributed by atoms with Crippen LogP contribution >= 0.6 is 24.8 Å². The molecule has 0 aromatic heterocycles. The first kappa shape index (κ1) is 29.0. The second-order valence-corrected chi connectivity index (χ2v) is 7.77. The number of nitrogens with zero attached hydrogens (tertiary/aromatic N) is 1. The van der Waals surface area contributed by atoms with Gasteiger partial charge in [-0.2, -0.15) is 0 Å². The molecule has 0 atom stereocenters. The van der Waals surface area contributed by atoms with Crippen molar-refractivity contribution in [1.82, 2.24) is 3.38 Å². The molecular formula is C18H41Cl2NOTi. The van der Waals surface area contributed by atoms with Gasteiger partial charge in [0.2, 0.25) is 0 Å². The number of hydrogen-bond donors (Lipinski definition) is 0. The van der Waals surface area contributed by atoms with E-state index in [4.69, 9.17) is 3.32 Å². The Morgan fingerprint density at radius 3 is 1.39 bits per heavy atom. The van der Waals surface area contributed by atoms with Gasteiger partial charge in [0.25, 0.3) is 0 Å². The van der Waals surface area contributed by atoms with Crippen LogP contribution in [0.3, 0.4) is 0 Å². The van der Waals surface area contributed by atoms with E-state index in [0.717, 1.165) is 6.61 Å². The summed E-state index contributed by atoms with van der Waals surface area (Å²) in [5.74, 6) is 0. The molecule has 23 heavy (non-hydrogen) atoms. The van der Waals surface area contributed by atoms with Gasteiger partial charge in [0.1, 0.15) is 0 Å². The van der Waals surface area contributed by atoms with Crippen molar-refractivity contribution in [1.29, 1.82) is 0 Å². The van der Waals surface area contributed by atoms with E-state index in [1.807, 2.05) is 0 Å². The Morgan fingerprint density at radius 1 is 0.609 bits per heavy atom. The molecule has 0 bridgehead atoms. The van der Waals surface area contributed by atoms with Crippen molar-refractivity contribution in [2.24, 2.45) is 0 Å². The number of rotatable bonds is 17. The summed E-state index contributed by atoms with van der Waals surface area (Å²) >= 11 is -0.303. The van der Waals surface area contributed by atoms with Crippen LogP contribution in [-0.4, -0.2) is 23.1 Å². The molecule has 0 fully saturated rings. The van der Waals surface area contributed by atoms with Crippen molar-refractivity contribution in [3.8, 4) is 0 Å². The van der Waals surface area contributed by atoms with E-state index >= 15 is 0 Å². The third kappa shape index (κ3) is 23.2. The van der Waals surface area contributed by atoms with Crippen molar-refractivity contribution in [2.45, 2.75) is 97.8 Å². The molecule has 0 saturated heterocycles.